The minimum atomic E-state index is -0.928. The molecule has 0 radical (unpaired) electrons. The van der Waals surface area contributed by atoms with Crippen molar-refractivity contribution in [3.63, 3.8) is 0 Å². The fourth-order valence-electron chi connectivity index (χ4n) is 2.57. The van der Waals surface area contributed by atoms with Crippen molar-refractivity contribution < 1.29 is 19.8 Å². The van der Waals surface area contributed by atoms with Gasteiger partial charge in [-0.15, -0.1) is 0 Å². The molecule has 5 heteroatoms. The zero-order valence-electron chi connectivity index (χ0n) is 11.1. The Bertz CT molecular complexity index is 521. The second kappa shape index (κ2) is 4.26. The van der Waals surface area contributed by atoms with Crippen LogP contribution in [0.2, 0.25) is 0 Å². The summed E-state index contributed by atoms with van der Waals surface area (Å²) in [6.07, 6.45) is 0. The van der Waals surface area contributed by atoms with Crippen LogP contribution in [0.4, 0.5) is 5.69 Å². The van der Waals surface area contributed by atoms with Crippen LogP contribution >= 0.6 is 0 Å². The number of hydrogen-bond donors (Lipinski definition) is 2. The molecule has 2 atom stereocenters. The summed E-state index contributed by atoms with van der Waals surface area (Å²) in [6.45, 7) is 3.58. The van der Waals surface area contributed by atoms with Gasteiger partial charge in [-0.3, -0.25) is 9.59 Å². The van der Waals surface area contributed by atoms with E-state index in [2.05, 4.69) is 0 Å². The molecule has 2 N–H and O–H groups in total. The third-order valence-electron chi connectivity index (χ3n) is 3.93. The van der Waals surface area contributed by atoms with E-state index in [1.165, 1.54) is 17.0 Å². The van der Waals surface area contributed by atoms with Crippen molar-refractivity contribution in [3.8, 4) is 5.75 Å². The van der Waals surface area contributed by atoms with Crippen molar-refractivity contribution >= 4 is 17.6 Å². The molecule has 5 nitrogen and oxygen atoms in total. The first-order valence-corrected chi connectivity index (χ1v) is 6.06. The highest BCUT2D eigenvalue weighted by Gasteiger charge is 2.66. The Morgan fingerprint density at radius 1 is 1.16 bits per heavy atom. The molecule has 0 saturated heterocycles. The van der Waals surface area contributed by atoms with Crippen LogP contribution in [-0.4, -0.2) is 29.1 Å². The molecular formula is C14H17NO4. The number of aliphatic carboxylic acids is 1. The lowest BCUT2D eigenvalue weighted by atomic mass is 10.1. The number of benzene rings is 1. The number of rotatable bonds is 3. The van der Waals surface area contributed by atoms with Gasteiger partial charge in [0.2, 0.25) is 5.91 Å². The number of hydrogen-bond acceptors (Lipinski definition) is 3. The third-order valence-corrected chi connectivity index (χ3v) is 3.93. The van der Waals surface area contributed by atoms with Gasteiger partial charge < -0.3 is 15.1 Å². The minimum Gasteiger partial charge on any atom is -0.508 e. The normalized spacial score (nSPS) is 23.7. The number of nitrogens with zero attached hydrogens (tertiary/aromatic N) is 1. The van der Waals surface area contributed by atoms with Gasteiger partial charge in [-0.25, -0.2) is 0 Å². The van der Waals surface area contributed by atoms with E-state index < -0.39 is 23.2 Å². The van der Waals surface area contributed by atoms with E-state index in [-0.39, 0.29) is 11.7 Å². The number of carboxylic acids is 1. The van der Waals surface area contributed by atoms with Gasteiger partial charge in [0.1, 0.15) is 5.75 Å². The molecule has 1 fully saturated rings. The zero-order chi connectivity index (χ0) is 14.4. The van der Waals surface area contributed by atoms with Crippen LogP contribution in [0.15, 0.2) is 24.3 Å². The number of phenolic OH excluding ortho intramolecular Hbond substituents is 1. The highest BCUT2D eigenvalue weighted by atomic mass is 16.4. The lowest BCUT2D eigenvalue weighted by Gasteiger charge is -2.18. The minimum absolute atomic E-state index is 0.125. The van der Waals surface area contributed by atoms with Gasteiger partial charge in [0.15, 0.2) is 0 Å². The predicted molar refractivity (Wildman–Crippen MR) is 69.9 cm³/mol. The van der Waals surface area contributed by atoms with Gasteiger partial charge in [0.25, 0.3) is 0 Å². The van der Waals surface area contributed by atoms with Crippen molar-refractivity contribution in [2.45, 2.75) is 13.8 Å². The second-order valence-electron chi connectivity index (χ2n) is 5.53. The smallest absolute Gasteiger partial charge is 0.307 e. The maximum absolute atomic E-state index is 12.3. The molecule has 1 amide bonds. The van der Waals surface area contributed by atoms with Crippen LogP contribution in [0, 0.1) is 17.3 Å². The molecule has 0 aromatic heterocycles. The standard InChI is InChI=1S/C14H17NO4/c1-14(2)10(11(14)13(18)19)12(17)15(3)8-4-6-9(16)7-5-8/h4-7,10-11,16H,1-3H3,(H,18,19). The lowest BCUT2D eigenvalue weighted by molar-refractivity contribution is -0.140. The molecule has 2 unspecified atom stereocenters. The second-order valence-corrected chi connectivity index (χ2v) is 5.53. The first-order chi connectivity index (χ1) is 8.76. The third kappa shape index (κ3) is 2.16. The molecule has 19 heavy (non-hydrogen) atoms. The first kappa shape index (κ1) is 13.4. The highest BCUT2D eigenvalue weighted by molar-refractivity contribution is 6.01. The highest BCUT2D eigenvalue weighted by Crippen LogP contribution is 2.59. The molecule has 1 aliphatic rings. The largest absolute Gasteiger partial charge is 0.508 e. The summed E-state index contributed by atoms with van der Waals surface area (Å²) in [4.78, 5) is 24.9. The Labute approximate surface area is 111 Å². The fraction of sp³-hybridized carbons (Fsp3) is 0.429. The lowest BCUT2D eigenvalue weighted by Crippen LogP contribution is -2.29. The van der Waals surface area contributed by atoms with E-state index in [0.717, 1.165) is 0 Å². The zero-order valence-corrected chi connectivity index (χ0v) is 11.1. The van der Waals surface area contributed by atoms with E-state index in [4.69, 9.17) is 5.11 Å². The van der Waals surface area contributed by atoms with E-state index in [9.17, 15) is 14.7 Å². The maximum Gasteiger partial charge on any atom is 0.307 e. The Balaban J connectivity index is 2.17. The van der Waals surface area contributed by atoms with Crippen LogP contribution in [0.3, 0.4) is 0 Å². The van der Waals surface area contributed by atoms with Crippen molar-refractivity contribution in [1.82, 2.24) is 0 Å². The van der Waals surface area contributed by atoms with E-state index in [1.807, 2.05) is 0 Å². The Hall–Kier alpha value is -2.04. The van der Waals surface area contributed by atoms with E-state index >= 15 is 0 Å². The number of carboxylic acid groups (broad SMARTS) is 1. The summed E-state index contributed by atoms with van der Waals surface area (Å²) >= 11 is 0. The Morgan fingerprint density at radius 3 is 2.11 bits per heavy atom. The molecule has 102 valence electrons. The molecule has 0 bridgehead atoms. The monoisotopic (exact) mass is 263 g/mol. The summed E-state index contributed by atoms with van der Waals surface area (Å²) in [6, 6.07) is 6.23. The van der Waals surface area contributed by atoms with Crippen LogP contribution in [0.5, 0.6) is 5.75 Å². The van der Waals surface area contributed by atoms with Gasteiger partial charge in [-0.1, -0.05) is 13.8 Å². The summed E-state index contributed by atoms with van der Waals surface area (Å²) in [5, 5.41) is 18.3. The maximum atomic E-state index is 12.3. The van der Waals surface area contributed by atoms with Gasteiger partial charge in [-0.05, 0) is 29.7 Å². The number of carbonyl (C=O) groups is 2. The topological polar surface area (TPSA) is 77.8 Å². The molecule has 1 aromatic rings. The molecule has 2 rings (SSSR count). The Morgan fingerprint density at radius 2 is 1.68 bits per heavy atom. The van der Waals surface area contributed by atoms with Gasteiger partial charge in [0.05, 0.1) is 11.8 Å². The van der Waals surface area contributed by atoms with Crippen molar-refractivity contribution in [3.05, 3.63) is 24.3 Å². The van der Waals surface area contributed by atoms with Crippen molar-refractivity contribution in [2.24, 2.45) is 17.3 Å². The number of carbonyl (C=O) groups excluding carboxylic acids is 1. The predicted octanol–water partition coefficient (Wildman–Crippen LogP) is 1.71. The average molecular weight is 263 g/mol. The van der Waals surface area contributed by atoms with Crippen LogP contribution < -0.4 is 4.90 Å². The first-order valence-electron chi connectivity index (χ1n) is 6.06. The molecule has 1 saturated carbocycles. The summed E-state index contributed by atoms with van der Waals surface area (Å²) in [5.41, 5.74) is 0.128. The number of amides is 1. The number of anilines is 1. The summed E-state index contributed by atoms with van der Waals surface area (Å²) in [7, 11) is 1.61. The summed E-state index contributed by atoms with van der Waals surface area (Å²) in [5.74, 6) is -2.13. The van der Waals surface area contributed by atoms with Gasteiger partial charge in [0, 0.05) is 12.7 Å². The van der Waals surface area contributed by atoms with Crippen LogP contribution in [0.1, 0.15) is 13.8 Å². The molecule has 0 heterocycles. The SMILES string of the molecule is CN(C(=O)C1C(C(=O)O)C1(C)C)c1ccc(O)cc1. The molecule has 0 spiro atoms. The number of aromatic hydroxyl groups is 1. The average Bonchev–Trinajstić information content (AvgIpc) is 2.91. The van der Waals surface area contributed by atoms with E-state index in [1.54, 1.807) is 33.0 Å². The molecule has 1 aliphatic carbocycles. The van der Waals surface area contributed by atoms with Crippen molar-refractivity contribution in [2.75, 3.05) is 11.9 Å². The van der Waals surface area contributed by atoms with Crippen LogP contribution in [0.25, 0.3) is 0 Å². The van der Waals surface area contributed by atoms with Gasteiger partial charge in [-0.2, -0.15) is 0 Å². The van der Waals surface area contributed by atoms with Gasteiger partial charge >= 0.3 is 5.97 Å². The summed E-state index contributed by atoms with van der Waals surface area (Å²) < 4.78 is 0. The van der Waals surface area contributed by atoms with Crippen LogP contribution in [-0.2, 0) is 9.59 Å². The fourth-order valence-corrected chi connectivity index (χ4v) is 2.57. The molecular weight excluding hydrogens is 246 g/mol. The molecule has 1 aromatic carbocycles. The number of phenols is 1. The van der Waals surface area contributed by atoms with Crippen molar-refractivity contribution in [1.29, 1.82) is 0 Å². The van der Waals surface area contributed by atoms with E-state index in [0.29, 0.717) is 5.69 Å². The Kier molecular flexibility index (Phi) is 3.00. The quantitative estimate of drug-likeness (QED) is 0.870. The molecule has 0 aliphatic heterocycles.